The third kappa shape index (κ3) is 6.33. The van der Waals surface area contributed by atoms with Gasteiger partial charge in [0.05, 0.1) is 6.20 Å². The van der Waals surface area contributed by atoms with Gasteiger partial charge >= 0.3 is 5.97 Å². The van der Waals surface area contributed by atoms with Crippen molar-refractivity contribution in [3.8, 4) is 5.75 Å². The Morgan fingerprint density at radius 3 is 2.04 bits per heavy atom. The summed E-state index contributed by atoms with van der Waals surface area (Å²) in [6.45, 7) is 3.75. The van der Waals surface area contributed by atoms with Crippen LogP contribution in [0.15, 0.2) is 18.3 Å². The van der Waals surface area contributed by atoms with Gasteiger partial charge in [-0.25, -0.2) is 0 Å². The van der Waals surface area contributed by atoms with E-state index in [2.05, 4.69) is 11.9 Å². The van der Waals surface area contributed by atoms with Gasteiger partial charge in [-0.2, -0.15) is 0 Å². The second-order valence-corrected chi connectivity index (χ2v) is 8.97. The fraction of sp³-hybridized carbons (Fsp3) is 0.750. The Kier molecular flexibility index (Phi) is 7.72. The lowest BCUT2D eigenvalue weighted by molar-refractivity contribution is -0.131. The van der Waals surface area contributed by atoms with E-state index in [1.165, 1.54) is 77.6 Å². The zero-order chi connectivity index (χ0) is 19.1. The van der Waals surface area contributed by atoms with E-state index in [4.69, 9.17) is 4.74 Å². The zero-order valence-electron chi connectivity index (χ0n) is 17.3. The lowest BCUT2D eigenvalue weighted by Gasteiger charge is -2.38. The quantitative estimate of drug-likeness (QED) is 0.524. The normalized spacial score (nSPS) is 28.7. The molecule has 1 aromatic heterocycles. The molecule has 1 aromatic rings. The van der Waals surface area contributed by atoms with Gasteiger partial charge in [0, 0.05) is 12.6 Å². The largest absolute Gasteiger partial charge is 0.425 e. The molecule has 0 bridgehead atoms. The summed E-state index contributed by atoms with van der Waals surface area (Å²) in [5.74, 6) is 4.18. The van der Waals surface area contributed by atoms with Gasteiger partial charge in [0.2, 0.25) is 0 Å². The average molecular weight is 372 g/mol. The molecule has 1 heterocycles. The van der Waals surface area contributed by atoms with E-state index in [1.54, 1.807) is 6.20 Å². The SMILES string of the molecule is CCCC1CCC(C2CCC(CCc3ccc(OC(C)=O)cn3)CC2)CC1. The van der Waals surface area contributed by atoms with Crippen molar-refractivity contribution >= 4 is 5.97 Å². The van der Waals surface area contributed by atoms with E-state index in [0.29, 0.717) is 5.75 Å². The molecule has 0 radical (unpaired) electrons. The molecule has 150 valence electrons. The minimum absolute atomic E-state index is 0.292. The summed E-state index contributed by atoms with van der Waals surface area (Å²) in [4.78, 5) is 15.4. The molecule has 0 spiro atoms. The van der Waals surface area contributed by atoms with Crippen LogP contribution < -0.4 is 4.74 Å². The van der Waals surface area contributed by atoms with E-state index in [-0.39, 0.29) is 5.97 Å². The van der Waals surface area contributed by atoms with Crippen LogP contribution in [0.3, 0.4) is 0 Å². The van der Waals surface area contributed by atoms with Gasteiger partial charge in [0.1, 0.15) is 5.75 Å². The second-order valence-electron chi connectivity index (χ2n) is 8.97. The molecule has 0 aliphatic heterocycles. The average Bonchev–Trinajstić information content (AvgIpc) is 2.68. The van der Waals surface area contributed by atoms with Crippen LogP contribution in [0, 0.1) is 23.7 Å². The summed E-state index contributed by atoms with van der Waals surface area (Å²) in [5, 5.41) is 0. The molecule has 27 heavy (non-hydrogen) atoms. The summed E-state index contributed by atoms with van der Waals surface area (Å²) in [6.07, 6.45) is 18.5. The molecule has 2 aliphatic carbocycles. The van der Waals surface area contributed by atoms with Crippen LogP contribution in [-0.2, 0) is 11.2 Å². The van der Waals surface area contributed by atoms with Crippen molar-refractivity contribution in [3.63, 3.8) is 0 Å². The van der Waals surface area contributed by atoms with Crippen molar-refractivity contribution in [2.45, 2.75) is 90.9 Å². The number of nitrogens with zero attached hydrogens (tertiary/aromatic N) is 1. The maximum Gasteiger partial charge on any atom is 0.308 e. The third-order valence-corrected chi connectivity index (χ3v) is 7.01. The highest BCUT2D eigenvalue weighted by atomic mass is 16.5. The van der Waals surface area contributed by atoms with E-state index in [0.717, 1.165) is 35.8 Å². The van der Waals surface area contributed by atoms with E-state index < -0.39 is 0 Å². The van der Waals surface area contributed by atoms with Crippen molar-refractivity contribution in [1.82, 2.24) is 4.98 Å². The molecule has 0 atom stereocenters. The van der Waals surface area contributed by atoms with Crippen LogP contribution in [0.5, 0.6) is 5.75 Å². The smallest absolute Gasteiger partial charge is 0.308 e. The summed E-state index contributed by atoms with van der Waals surface area (Å²) < 4.78 is 5.05. The van der Waals surface area contributed by atoms with Gasteiger partial charge in [0.25, 0.3) is 0 Å². The van der Waals surface area contributed by atoms with Gasteiger partial charge in [-0.05, 0) is 74.3 Å². The van der Waals surface area contributed by atoms with Gasteiger partial charge in [-0.3, -0.25) is 9.78 Å². The molecule has 2 aliphatic rings. The number of carbonyl (C=O) groups is 1. The molecule has 0 N–H and O–H groups in total. The Morgan fingerprint density at radius 1 is 0.963 bits per heavy atom. The summed E-state index contributed by atoms with van der Waals surface area (Å²) >= 11 is 0. The van der Waals surface area contributed by atoms with Crippen molar-refractivity contribution in [2.75, 3.05) is 0 Å². The van der Waals surface area contributed by atoms with Crippen molar-refractivity contribution in [2.24, 2.45) is 23.7 Å². The number of hydrogen-bond acceptors (Lipinski definition) is 3. The first kappa shape index (κ1) is 20.4. The van der Waals surface area contributed by atoms with Gasteiger partial charge in [-0.1, -0.05) is 45.4 Å². The van der Waals surface area contributed by atoms with Crippen LogP contribution in [0.2, 0.25) is 0 Å². The van der Waals surface area contributed by atoms with Gasteiger partial charge < -0.3 is 4.74 Å². The first-order valence-electron chi connectivity index (χ1n) is 11.3. The molecule has 2 saturated carbocycles. The Hall–Kier alpha value is -1.38. The minimum atomic E-state index is -0.292. The molecule has 2 fully saturated rings. The van der Waals surface area contributed by atoms with Gasteiger partial charge in [-0.15, -0.1) is 0 Å². The van der Waals surface area contributed by atoms with E-state index in [1.807, 2.05) is 12.1 Å². The highest BCUT2D eigenvalue weighted by Gasteiger charge is 2.30. The minimum Gasteiger partial charge on any atom is -0.425 e. The number of carbonyl (C=O) groups excluding carboxylic acids is 1. The molecule has 0 aromatic carbocycles. The fourth-order valence-corrected chi connectivity index (χ4v) is 5.44. The Labute approximate surface area is 165 Å². The Morgan fingerprint density at radius 2 is 1.56 bits per heavy atom. The number of aryl methyl sites for hydroxylation is 1. The molecule has 0 saturated heterocycles. The van der Waals surface area contributed by atoms with E-state index >= 15 is 0 Å². The molecular formula is C24H37NO2. The summed E-state index contributed by atoms with van der Waals surface area (Å²) in [7, 11) is 0. The van der Waals surface area contributed by atoms with Crippen molar-refractivity contribution in [3.05, 3.63) is 24.0 Å². The van der Waals surface area contributed by atoms with Gasteiger partial charge in [0.15, 0.2) is 0 Å². The standard InChI is InChI=1S/C24H37NO2/c1-3-4-19-5-10-21(11-6-19)22-12-7-20(8-13-22)9-14-23-15-16-24(17-25-23)27-18(2)26/h15-17,19-22H,3-14H2,1-2H3. The number of pyridine rings is 1. The molecule has 3 nitrogen and oxygen atoms in total. The number of rotatable bonds is 7. The summed E-state index contributed by atoms with van der Waals surface area (Å²) in [5.41, 5.74) is 1.11. The van der Waals surface area contributed by atoms with Crippen molar-refractivity contribution in [1.29, 1.82) is 0 Å². The summed E-state index contributed by atoms with van der Waals surface area (Å²) in [6, 6.07) is 3.86. The number of hydrogen-bond donors (Lipinski definition) is 0. The number of esters is 1. The maximum absolute atomic E-state index is 11.0. The first-order valence-corrected chi connectivity index (χ1v) is 11.3. The molecule has 0 unspecified atom stereocenters. The van der Waals surface area contributed by atoms with Crippen LogP contribution in [-0.4, -0.2) is 11.0 Å². The van der Waals surface area contributed by atoms with Crippen LogP contribution in [0.1, 0.15) is 90.2 Å². The van der Waals surface area contributed by atoms with Crippen molar-refractivity contribution < 1.29 is 9.53 Å². The third-order valence-electron chi connectivity index (χ3n) is 7.01. The van der Waals surface area contributed by atoms with Crippen LogP contribution >= 0.6 is 0 Å². The molecular weight excluding hydrogens is 334 g/mol. The highest BCUT2D eigenvalue weighted by Crippen LogP contribution is 2.42. The predicted molar refractivity (Wildman–Crippen MR) is 110 cm³/mol. The monoisotopic (exact) mass is 371 g/mol. The fourth-order valence-electron chi connectivity index (χ4n) is 5.44. The molecule has 0 amide bonds. The van der Waals surface area contributed by atoms with Crippen LogP contribution in [0.4, 0.5) is 0 Å². The zero-order valence-corrected chi connectivity index (χ0v) is 17.3. The highest BCUT2D eigenvalue weighted by molar-refractivity contribution is 5.69. The first-order chi connectivity index (χ1) is 13.1. The number of aromatic nitrogens is 1. The lowest BCUT2D eigenvalue weighted by Crippen LogP contribution is -2.26. The van der Waals surface area contributed by atoms with E-state index in [9.17, 15) is 4.79 Å². The molecule has 3 rings (SSSR count). The van der Waals surface area contributed by atoms with Crippen LogP contribution in [0.25, 0.3) is 0 Å². The maximum atomic E-state index is 11.0. The second kappa shape index (κ2) is 10.2. The predicted octanol–water partition coefficient (Wildman–Crippen LogP) is 6.35. The topological polar surface area (TPSA) is 39.2 Å². The lowest BCUT2D eigenvalue weighted by atomic mass is 9.68. The number of ether oxygens (including phenoxy) is 1. The molecule has 3 heteroatoms. The Balaban J connectivity index is 1.35. The Bertz CT molecular complexity index is 567.